The third kappa shape index (κ3) is 7.03. The minimum absolute atomic E-state index is 0.0104. The summed E-state index contributed by atoms with van der Waals surface area (Å²) >= 11 is 0. The van der Waals surface area contributed by atoms with Gasteiger partial charge in [0, 0.05) is 12.6 Å². The molecule has 3 amide bonds. The van der Waals surface area contributed by atoms with E-state index in [9.17, 15) is 9.59 Å². The molecular formula is C19H31N3O3. The standard InChI is InChI=1S/C19H31N3O3/c1-13(2)17(14-8-10-15(25-7)11-9-14)20-18(24)22(6)12-16(23)21-19(3,4)5/h8-11,13,17H,12H2,1-7H3,(H,20,24)(H,21,23)/t17-/m1/s1. The quantitative estimate of drug-likeness (QED) is 0.829. The number of carbonyl (C=O) groups is 2. The lowest BCUT2D eigenvalue weighted by Gasteiger charge is -2.27. The second-order valence-electron chi connectivity index (χ2n) is 7.60. The van der Waals surface area contributed by atoms with Gasteiger partial charge in [-0.15, -0.1) is 0 Å². The van der Waals surface area contributed by atoms with E-state index in [4.69, 9.17) is 4.74 Å². The Morgan fingerprint density at radius 1 is 1.16 bits per heavy atom. The summed E-state index contributed by atoms with van der Waals surface area (Å²) in [6, 6.07) is 7.20. The molecule has 25 heavy (non-hydrogen) atoms. The Bertz CT molecular complexity index is 577. The largest absolute Gasteiger partial charge is 0.497 e. The molecule has 6 heteroatoms. The molecule has 140 valence electrons. The number of methoxy groups -OCH3 is 1. The van der Waals surface area contributed by atoms with E-state index in [1.54, 1.807) is 14.2 Å². The van der Waals surface area contributed by atoms with E-state index in [0.29, 0.717) is 0 Å². The molecular weight excluding hydrogens is 318 g/mol. The highest BCUT2D eigenvalue weighted by Gasteiger charge is 2.22. The smallest absolute Gasteiger partial charge is 0.318 e. The fourth-order valence-electron chi connectivity index (χ4n) is 2.43. The van der Waals surface area contributed by atoms with Gasteiger partial charge in [0.15, 0.2) is 0 Å². The van der Waals surface area contributed by atoms with Crippen molar-refractivity contribution in [2.24, 2.45) is 5.92 Å². The van der Waals surface area contributed by atoms with Crippen molar-refractivity contribution in [2.75, 3.05) is 20.7 Å². The molecule has 0 saturated carbocycles. The van der Waals surface area contributed by atoms with Gasteiger partial charge in [0.25, 0.3) is 0 Å². The average molecular weight is 349 g/mol. The second-order valence-corrected chi connectivity index (χ2v) is 7.60. The molecule has 1 aromatic rings. The van der Waals surface area contributed by atoms with E-state index in [1.807, 2.05) is 58.9 Å². The summed E-state index contributed by atoms with van der Waals surface area (Å²) in [5.74, 6) is 0.790. The summed E-state index contributed by atoms with van der Waals surface area (Å²) in [4.78, 5) is 25.8. The predicted molar refractivity (Wildman–Crippen MR) is 99.6 cm³/mol. The van der Waals surface area contributed by atoms with E-state index < -0.39 is 0 Å². The zero-order valence-electron chi connectivity index (χ0n) is 16.3. The molecule has 0 saturated heterocycles. The van der Waals surface area contributed by atoms with E-state index in [1.165, 1.54) is 4.90 Å². The Kier molecular flexibility index (Phi) is 7.27. The fraction of sp³-hybridized carbons (Fsp3) is 0.579. The Balaban J connectivity index is 2.73. The number of nitrogens with zero attached hydrogens (tertiary/aromatic N) is 1. The molecule has 1 atom stereocenters. The summed E-state index contributed by atoms with van der Waals surface area (Å²) in [6.45, 7) is 9.82. The minimum Gasteiger partial charge on any atom is -0.497 e. The predicted octanol–water partition coefficient (Wildman–Crippen LogP) is 2.95. The first-order valence-corrected chi connectivity index (χ1v) is 8.50. The number of ether oxygens (including phenoxy) is 1. The monoisotopic (exact) mass is 349 g/mol. The van der Waals surface area contributed by atoms with Gasteiger partial charge in [-0.1, -0.05) is 26.0 Å². The van der Waals surface area contributed by atoms with Crippen molar-refractivity contribution in [3.63, 3.8) is 0 Å². The van der Waals surface area contributed by atoms with Crippen LogP contribution in [0.5, 0.6) is 5.75 Å². The van der Waals surface area contributed by atoms with Crippen LogP contribution in [0, 0.1) is 5.92 Å². The van der Waals surface area contributed by atoms with Crippen molar-refractivity contribution in [1.82, 2.24) is 15.5 Å². The lowest BCUT2D eigenvalue weighted by atomic mass is 9.96. The molecule has 0 radical (unpaired) electrons. The van der Waals surface area contributed by atoms with Gasteiger partial charge in [0.1, 0.15) is 12.3 Å². The third-order valence-corrected chi connectivity index (χ3v) is 3.66. The summed E-state index contributed by atoms with van der Waals surface area (Å²) in [6.07, 6.45) is 0. The van der Waals surface area contributed by atoms with Crippen molar-refractivity contribution in [2.45, 2.75) is 46.2 Å². The molecule has 0 fully saturated rings. The number of hydrogen-bond acceptors (Lipinski definition) is 3. The molecule has 0 aromatic heterocycles. The van der Waals surface area contributed by atoms with Crippen LogP contribution in [0.2, 0.25) is 0 Å². The molecule has 0 aliphatic carbocycles. The number of hydrogen-bond donors (Lipinski definition) is 2. The molecule has 2 N–H and O–H groups in total. The van der Waals surface area contributed by atoms with Crippen LogP contribution in [-0.2, 0) is 4.79 Å². The number of amides is 3. The third-order valence-electron chi connectivity index (χ3n) is 3.66. The molecule has 6 nitrogen and oxygen atoms in total. The van der Waals surface area contributed by atoms with Gasteiger partial charge in [-0.25, -0.2) is 4.79 Å². The number of likely N-dealkylation sites (N-methyl/N-ethyl adjacent to an activating group) is 1. The van der Waals surface area contributed by atoms with Crippen LogP contribution >= 0.6 is 0 Å². The van der Waals surface area contributed by atoms with E-state index in [2.05, 4.69) is 10.6 Å². The summed E-state index contributed by atoms with van der Waals surface area (Å²) < 4.78 is 5.17. The van der Waals surface area contributed by atoms with Gasteiger partial charge < -0.3 is 20.3 Å². The van der Waals surface area contributed by atoms with Crippen molar-refractivity contribution in [3.8, 4) is 5.75 Å². The van der Waals surface area contributed by atoms with Gasteiger partial charge in [-0.2, -0.15) is 0 Å². The van der Waals surface area contributed by atoms with Crippen molar-refractivity contribution < 1.29 is 14.3 Å². The first-order chi connectivity index (χ1) is 11.5. The highest BCUT2D eigenvalue weighted by atomic mass is 16.5. The Morgan fingerprint density at radius 2 is 1.72 bits per heavy atom. The first-order valence-electron chi connectivity index (χ1n) is 8.50. The average Bonchev–Trinajstić information content (AvgIpc) is 2.50. The van der Waals surface area contributed by atoms with Crippen LogP contribution in [0.1, 0.15) is 46.2 Å². The molecule has 0 bridgehead atoms. The highest BCUT2D eigenvalue weighted by Crippen LogP contribution is 2.24. The van der Waals surface area contributed by atoms with Crippen LogP contribution in [0.3, 0.4) is 0 Å². The molecule has 1 rings (SSSR count). The molecule has 1 aromatic carbocycles. The summed E-state index contributed by atoms with van der Waals surface area (Å²) in [5.41, 5.74) is 0.675. The van der Waals surface area contributed by atoms with Crippen LogP contribution in [0.15, 0.2) is 24.3 Å². The summed E-state index contributed by atoms with van der Waals surface area (Å²) in [7, 11) is 3.23. The number of rotatable bonds is 6. The first kappa shape index (κ1) is 20.8. The number of benzene rings is 1. The van der Waals surface area contributed by atoms with Gasteiger partial charge >= 0.3 is 6.03 Å². The molecule has 0 heterocycles. The minimum atomic E-state index is -0.321. The summed E-state index contributed by atoms with van der Waals surface area (Å²) in [5, 5.41) is 5.86. The molecule has 0 unspecified atom stereocenters. The van der Waals surface area contributed by atoms with E-state index in [0.717, 1.165) is 11.3 Å². The van der Waals surface area contributed by atoms with E-state index in [-0.39, 0.29) is 36.0 Å². The topological polar surface area (TPSA) is 70.7 Å². The van der Waals surface area contributed by atoms with Crippen LogP contribution in [0.4, 0.5) is 4.79 Å². The lowest BCUT2D eigenvalue weighted by Crippen LogP contribution is -2.49. The molecule has 0 aliphatic heterocycles. The maximum atomic E-state index is 12.5. The van der Waals surface area contributed by atoms with Gasteiger partial charge in [0.05, 0.1) is 13.2 Å². The molecule has 0 aliphatic rings. The number of urea groups is 1. The normalized spacial score (nSPS) is 12.5. The van der Waals surface area contributed by atoms with Crippen molar-refractivity contribution in [1.29, 1.82) is 0 Å². The van der Waals surface area contributed by atoms with Crippen LogP contribution in [-0.4, -0.2) is 43.1 Å². The van der Waals surface area contributed by atoms with Crippen LogP contribution < -0.4 is 15.4 Å². The SMILES string of the molecule is COc1ccc([C@H](NC(=O)N(C)CC(=O)NC(C)(C)C)C(C)C)cc1. The Morgan fingerprint density at radius 3 is 2.16 bits per heavy atom. The van der Waals surface area contributed by atoms with Gasteiger partial charge in [0.2, 0.25) is 5.91 Å². The van der Waals surface area contributed by atoms with E-state index >= 15 is 0 Å². The van der Waals surface area contributed by atoms with Gasteiger partial charge in [-0.05, 0) is 44.4 Å². The zero-order chi connectivity index (χ0) is 19.2. The maximum Gasteiger partial charge on any atom is 0.318 e. The van der Waals surface area contributed by atoms with Crippen molar-refractivity contribution in [3.05, 3.63) is 29.8 Å². The Hall–Kier alpha value is -2.24. The molecule has 0 spiro atoms. The second kappa shape index (κ2) is 8.74. The van der Waals surface area contributed by atoms with Crippen molar-refractivity contribution >= 4 is 11.9 Å². The number of carbonyl (C=O) groups excluding carboxylic acids is 2. The highest BCUT2D eigenvalue weighted by molar-refractivity contribution is 5.84. The maximum absolute atomic E-state index is 12.5. The Labute approximate surface area is 150 Å². The van der Waals surface area contributed by atoms with Crippen LogP contribution in [0.25, 0.3) is 0 Å². The zero-order valence-corrected chi connectivity index (χ0v) is 16.3. The van der Waals surface area contributed by atoms with Gasteiger partial charge in [-0.3, -0.25) is 4.79 Å². The lowest BCUT2D eigenvalue weighted by molar-refractivity contribution is -0.122. The number of nitrogens with one attached hydrogen (secondary N) is 2. The fourth-order valence-corrected chi connectivity index (χ4v) is 2.43.